The molecule has 1 aromatic carbocycles. The minimum atomic E-state index is -4.53. The van der Waals surface area contributed by atoms with Gasteiger partial charge in [-0.3, -0.25) is 14.9 Å². The molecule has 2 aliphatic heterocycles. The van der Waals surface area contributed by atoms with Gasteiger partial charge in [0.15, 0.2) is 0 Å². The predicted molar refractivity (Wildman–Crippen MR) is 117 cm³/mol. The summed E-state index contributed by atoms with van der Waals surface area (Å²) in [5.74, 6) is -0.112. The maximum Gasteiger partial charge on any atom is 0.417 e. The van der Waals surface area contributed by atoms with Crippen LogP contribution in [-0.2, 0) is 6.18 Å². The van der Waals surface area contributed by atoms with E-state index in [1.165, 1.54) is 6.07 Å². The number of nitro groups is 1. The number of hydrogen-bond donors (Lipinski definition) is 0. The summed E-state index contributed by atoms with van der Waals surface area (Å²) >= 11 is 6.03. The van der Waals surface area contributed by atoms with E-state index in [1.807, 2.05) is 4.90 Å². The zero-order valence-electron chi connectivity index (χ0n) is 17.5. The summed E-state index contributed by atoms with van der Waals surface area (Å²) < 4.78 is 38.5. The van der Waals surface area contributed by atoms with Crippen molar-refractivity contribution in [2.45, 2.75) is 19.0 Å². The lowest BCUT2D eigenvalue weighted by Gasteiger charge is -2.36. The smallest absolute Gasteiger partial charge is 0.366 e. The van der Waals surface area contributed by atoms with Crippen LogP contribution in [-0.4, -0.2) is 60.0 Å². The summed E-state index contributed by atoms with van der Waals surface area (Å²) in [4.78, 5) is 33.2. The van der Waals surface area contributed by atoms with Crippen molar-refractivity contribution in [3.63, 3.8) is 0 Å². The Morgan fingerprint density at radius 3 is 2.27 bits per heavy atom. The highest BCUT2D eigenvalue weighted by Crippen LogP contribution is 2.34. The monoisotopic (exact) mass is 483 g/mol. The van der Waals surface area contributed by atoms with Crippen LogP contribution in [0, 0.1) is 10.1 Å². The molecule has 2 aliphatic rings. The summed E-state index contributed by atoms with van der Waals surface area (Å²) in [5, 5.41) is 11.5. The van der Waals surface area contributed by atoms with Gasteiger partial charge in [0.05, 0.1) is 15.5 Å². The van der Waals surface area contributed by atoms with Crippen LogP contribution >= 0.6 is 11.6 Å². The Bertz CT molecular complexity index is 1070. The number of nitro benzene ring substituents is 1. The lowest BCUT2D eigenvalue weighted by atomic mass is 10.1. The predicted octanol–water partition coefficient (Wildman–Crippen LogP) is 4.22. The van der Waals surface area contributed by atoms with E-state index in [2.05, 4.69) is 4.98 Å². The van der Waals surface area contributed by atoms with Gasteiger partial charge in [-0.15, -0.1) is 0 Å². The molecule has 2 fully saturated rings. The van der Waals surface area contributed by atoms with E-state index in [9.17, 15) is 28.1 Å². The lowest BCUT2D eigenvalue weighted by Crippen LogP contribution is -2.49. The van der Waals surface area contributed by atoms with E-state index in [0.717, 1.165) is 38.2 Å². The summed E-state index contributed by atoms with van der Waals surface area (Å²) in [6, 6.07) is 5.38. The topological polar surface area (TPSA) is 82.8 Å². The average Bonchev–Trinajstić information content (AvgIpc) is 3.32. The first-order valence-corrected chi connectivity index (χ1v) is 10.8. The number of alkyl halides is 3. The molecule has 12 heteroatoms. The Hall–Kier alpha value is -3.08. The molecule has 3 heterocycles. The number of aromatic nitrogens is 1. The van der Waals surface area contributed by atoms with E-state index in [0.29, 0.717) is 18.8 Å². The van der Waals surface area contributed by atoms with Gasteiger partial charge in [-0.1, -0.05) is 11.6 Å². The molecular weight excluding hydrogens is 463 g/mol. The maximum atomic E-state index is 13.0. The summed E-state index contributed by atoms with van der Waals surface area (Å²) in [7, 11) is 0. The Labute approximate surface area is 192 Å². The van der Waals surface area contributed by atoms with Crippen molar-refractivity contribution in [3.8, 4) is 0 Å². The van der Waals surface area contributed by atoms with Crippen LogP contribution in [0.4, 0.5) is 30.4 Å². The second kappa shape index (κ2) is 9.05. The van der Waals surface area contributed by atoms with Gasteiger partial charge in [-0.05, 0) is 31.0 Å². The number of piperazine rings is 1. The van der Waals surface area contributed by atoms with Gasteiger partial charge in [-0.2, -0.15) is 13.2 Å². The quantitative estimate of drug-likeness (QED) is 0.478. The van der Waals surface area contributed by atoms with E-state index >= 15 is 0 Å². The third kappa shape index (κ3) is 4.82. The highest BCUT2D eigenvalue weighted by Gasteiger charge is 2.33. The van der Waals surface area contributed by atoms with E-state index in [-0.39, 0.29) is 41.1 Å². The number of anilines is 2. The first-order chi connectivity index (χ1) is 15.6. The Morgan fingerprint density at radius 2 is 1.70 bits per heavy atom. The van der Waals surface area contributed by atoms with Crippen LogP contribution in [0.2, 0.25) is 5.02 Å². The van der Waals surface area contributed by atoms with Crippen molar-refractivity contribution in [1.29, 1.82) is 0 Å². The maximum absolute atomic E-state index is 13.0. The minimum absolute atomic E-state index is 0.0953. The fraction of sp³-hybridized carbons (Fsp3) is 0.429. The second-order valence-corrected chi connectivity index (χ2v) is 8.37. The van der Waals surface area contributed by atoms with Crippen molar-refractivity contribution in [1.82, 2.24) is 9.88 Å². The van der Waals surface area contributed by atoms with Gasteiger partial charge >= 0.3 is 6.18 Å². The van der Waals surface area contributed by atoms with Crippen LogP contribution in [0.1, 0.15) is 28.8 Å². The standard InChI is InChI=1S/C21H21ClF3N5O3/c22-16-12-15(21(23,24)25)13-26-19(16)28-7-9-29(10-8-28)20(31)14-3-4-17(18(11-14)30(32)33)27-5-1-2-6-27/h3-4,11-13H,1-2,5-10H2. The first-order valence-electron chi connectivity index (χ1n) is 10.5. The molecule has 8 nitrogen and oxygen atoms in total. The van der Waals surface area contributed by atoms with Crippen LogP contribution in [0.5, 0.6) is 0 Å². The molecule has 0 saturated carbocycles. The number of carbonyl (C=O) groups is 1. The molecule has 1 amide bonds. The molecule has 0 unspecified atom stereocenters. The number of rotatable bonds is 4. The molecule has 33 heavy (non-hydrogen) atoms. The van der Waals surface area contributed by atoms with Crippen molar-refractivity contribution in [3.05, 3.63) is 56.7 Å². The third-order valence-electron chi connectivity index (χ3n) is 5.88. The van der Waals surface area contributed by atoms with Gasteiger partial charge in [0, 0.05) is 57.1 Å². The van der Waals surface area contributed by atoms with Gasteiger partial charge in [0.1, 0.15) is 11.5 Å². The van der Waals surface area contributed by atoms with Crippen LogP contribution in [0.3, 0.4) is 0 Å². The molecule has 0 bridgehead atoms. The average molecular weight is 484 g/mol. The number of benzene rings is 1. The normalized spacial score (nSPS) is 16.9. The zero-order valence-corrected chi connectivity index (χ0v) is 18.3. The first kappa shape index (κ1) is 23.1. The Kier molecular flexibility index (Phi) is 6.33. The molecule has 4 rings (SSSR count). The number of carbonyl (C=O) groups excluding carboxylic acids is 1. The molecular formula is C21H21ClF3N5O3. The van der Waals surface area contributed by atoms with Gasteiger partial charge in [-0.25, -0.2) is 4.98 Å². The highest BCUT2D eigenvalue weighted by atomic mass is 35.5. The zero-order chi connectivity index (χ0) is 23.8. The van der Waals surface area contributed by atoms with Crippen molar-refractivity contribution in [2.75, 3.05) is 49.1 Å². The van der Waals surface area contributed by atoms with E-state index < -0.39 is 16.7 Å². The summed E-state index contributed by atoms with van der Waals surface area (Å²) in [5.41, 5.74) is -0.281. The number of pyridine rings is 1. The van der Waals surface area contributed by atoms with E-state index in [4.69, 9.17) is 11.6 Å². The molecule has 0 atom stereocenters. The van der Waals surface area contributed by atoms with Crippen molar-refractivity contribution in [2.24, 2.45) is 0 Å². The fourth-order valence-corrected chi connectivity index (χ4v) is 4.44. The van der Waals surface area contributed by atoms with Gasteiger partial charge < -0.3 is 14.7 Å². The molecule has 2 saturated heterocycles. The molecule has 176 valence electrons. The molecule has 2 aromatic rings. The Balaban J connectivity index is 1.45. The third-order valence-corrected chi connectivity index (χ3v) is 6.16. The van der Waals surface area contributed by atoms with Crippen LogP contribution in [0.25, 0.3) is 0 Å². The molecule has 1 aromatic heterocycles. The molecule has 0 spiro atoms. The lowest BCUT2D eigenvalue weighted by molar-refractivity contribution is -0.384. The van der Waals surface area contributed by atoms with Crippen molar-refractivity contribution < 1.29 is 22.9 Å². The molecule has 0 radical (unpaired) electrons. The van der Waals surface area contributed by atoms with Crippen LogP contribution in [0.15, 0.2) is 30.5 Å². The number of hydrogen-bond acceptors (Lipinski definition) is 6. The fourth-order valence-electron chi connectivity index (χ4n) is 4.15. The van der Waals surface area contributed by atoms with Gasteiger partial charge in [0.25, 0.3) is 11.6 Å². The van der Waals surface area contributed by atoms with E-state index in [1.54, 1.807) is 21.9 Å². The van der Waals surface area contributed by atoms with Crippen molar-refractivity contribution >= 4 is 34.7 Å². The second-order valence-electron chi connectivity index (χ2n) is 7.96. The molecule has 0 N–H and O–H groups in total. The SMILES string of the molecule is O=C(c1ccc(N2CCCC2)c([N+](=O)[O-])c1)N1CCN(c2ncc(C(F)(F)F)cc2Cl)CC1. The number of halogens is 4. The Morgan fingerprint density at radius 1 is 1.03 bits per heavy atom. The molecule has 0 aliphatic carbocycles. The summed E-state index contributed by atoms with van der Waals surface area (Å²) in [6.07, 6.45) is -1.85. The van der Waals surface area contributed by atoms with Crippen LogP contribution < -0.4 is 9.80 Å². The number of nitrogens with zero attached hydrogens (tertiary/aromatic N) is 5. The summed E-state index contributed by atoms with van der Waals surface area (Å²) in [6.45, 7) is 2.68. The van der Waals surface area contributed by atoms with Gasteiger partial charge in [0.2, 0.25) is 0 Å². The number of amides is 1. The highest BCUT2D eigenvalue weighted by molar-refractivity contribution is 6.33. The largest absolute Gasteiger partial charge is 0.417 e. The minimum Gasteiger partial charge on any atom is -0.366 e.